The van der Waals surface area contributed by atoms with Gasteiger partial charge in [0.05, 0.1) is 26.9 Å². The Morgan fingerprint density at radius 3 is 2.09 bits per heavy atom. The molecule has 176 valence electrons. The number of hydrogen-bond acceptors (Lipinski definition) is 9. The van der Waals surface area contributed by atoms with Gasteiger partial charge < -0.3 is 13.9 Å². The minimum atomic E-state index is -1.06. The van der Waals surface area contributed by atoms with E-state index >= 15 is 0 Å². The van der Waals surface area contributed by atoms with E-state index in [2.05, 4.69) is 0 Å². The van der Waals surface area contributed by atoms with Crippen LogP contribution in [0, 0.1) is 34.1 Å². The summed E-state index contributed by atoms with van der Waals surface area (Å²) in [5.74, 6) is -0.655. The molecule has 1 aromatic heterocycles. The Morgan fingerprint density at radius 1 is 0.857 bits per heavy atom. The molecule has 4 aromatic rings. The van der Waals surface area contributed by atoms with Crippen molar-refractivity contribution in [3.63, 3.8) is 0 Å². The number of nitrogens with zero attached hydrogens (tertiary/aromatic N) is 2. The molecule has 0 aliphatic heterocycles. The molecular weight excluding hydrogens is 460 g/mol. The molecule has 4 rings (SSSR count). The fraction of sp³-hybridized carbons (Fsp3) is 0.0833. The van der Waals surface area contributed by atoms with Gasteiger partial charge in [-0.15, -0.1) is 0 Å². The second-order valence-electron chi connectivity index (χ2n) is 7.65. The van der Waals surface area contributed by atoms with Crippen LogP contribution in [0.5, 0.6) is 17.2 Å². The van der Waals surface area contributed by atoms with Crippen molar-refractivity contribution >= 4 is 28.3 Å². The van der Waals surface area contributed by atoms with Gasteiger partial charge in [-0.05, 0) is 49.2 Å². The number of esters is 1. The first-order chi connectivity index (χ1) is 16.6. The van der Waals surface area contributed by atoms with Gasteiger partial charge >= 0.3 is 5.97 Å². The molecule has 0 saturated carbocycles. The van der Waals surface area contributed by atoms with Gasteiger partial charge in [0, 0.05) is 18.2 Å². The van der Waals surface area contributed by atoms with E-state index in [0.717, 1.165) is 35.6 Å². The van der Waals surface area contributed by atoms with Gasteiger partial charge in [0.1, 0.15) is 23.3 Å². The van der Waals surface area contributed by atoms with Gasteiger partial charge in [-0.25, -0.2) is 4.79 Å². The summed E-state index contributed by atoms with van der Waals surface area (Å²) in [5.41, 5.74) is -0.0734. The summed E-state index contributed by atoms with van der Waals surface area (Å²) >= 11 is 0. The highest BCUT2D eigenvalue weighted by Gasteiger charge is 2.21. The fourth-order valence-corrected chi connectivity index (χ4v) is 3.43. The highest BCUT2D eigenvalue weighted by molar-refractivity contribution is 5.93. The maximum Gasteiger partial charge on any atom is 0.344 e. The third-order valence-corrected chi connectivity index (χ3v) is 4.91. The first-order valence-corrected chi connectivity index (χ1v) is 10.1. The number of hydrogen-bond donors (Lipinski definition) is 0. The topological polar surface area (TPSA) is 152 Å². The van der Waals surface area contributed by atoms with E-state index in [0.29, 0.717) is 5.75 Å². The molecule has 0 spiro atoms. The quantitative estimate of drug-likeness (QED) is 0.157. The van der Waals surface area contributed by atoms with Crippen molar-refractivity contribution in [2.75, 3.05) is 0 Å². The van der Waals surface area contributed by atoms with E-state index in [4.69, 9.17) is 13.9 Å². The van der Waals surface area contributed by atoms with Crippen LogP contribution in [0.3, 0.4) is 0 Å². The Hall–Kier alpha value is -5.06. The molecule has 0 radical (unpaired) electrons. The highest BCUT2D eigenvalue weighted by atomic mass is 16.6. The largest absolute Gasteiger partial charge is 0.460 e. The molecule has 0 saturated heterocycles. The van der Waals surface area contributed by atoms with E-state index in [1.54, 1.807) is 12.1 Å². The normalized spacial score (nSPS) is 10.7. The van der Waals surface area contributed by atoms with Crippen molar-refractivity contribution in [3.8, 4) is 17.2 Å². The standard InChI is InChI=1S/C24H16N2O9/c1-13-5-14(2)7-19(6-13)34-22-12-33-21-11-18(3-4-20(21)23(22)27)35-24(28)15-8-16(25(29)30)10-17(9-15)26(31)32/h3-12H,1-2H3. The zero-order valence-corrected chi connectivity index (χ0v) is 18.3. The van der Waals surface area contributed by atoms with Gasteiger partial charge in [0.25, 0.3) is 11.4 Å². The SMILES string of the molecule is Cc1cc(C)cc(Oc2coc3cc(OC(=O)c4cc([N+](=O)[O-])cc([N+](=O)[O-])c4)ccc3c2=O)c1. The Labute approximate surface area is 196 Å². The molecule has 0 aliphatic carbocycles. The molecule has 0 N–H and O–H groups in total. The van der Waals surface area contributed by atoms with Crippen LogP contribution in [0.15, 0.2) is 70.1 Å². The minimum absolute atomic E-state index is 0.0313. The first-order valence-electron chi connectivity index (χ1n) is 10.1. The summed E-state index contributed by atoms with van der Waals surface area (Å²) in [4.78, 5) is 45.7. The predicted octanol–water partition coefficient (Wildman–Crippen LogP) is 5.24. The maximum atomic E-state index is 12.8. The number of fused-ring (bicyclic) bond motifs is 1. The van der Waals surface area contributed by atoms with Crippen LogP contribution in [0.2, 0.25) is 0 Å². The maximum absolute atomic E-state index is 12.8. The molecule has 11 nitrogen and oxygen atoms in total. The van der Waals surface area contributed by atoms with Crippen molar-refractivity contribution in [3.05, 3.63) is 108 Å². The molecule has 3 aromatic carbocycles. The van der Waals surface area contributed by atoms with Crippen molar-refractivity contribution < 1.29 is 28.5 Å². The Kier molecular flexibility index (Phi) is 5.98. The van der Waals surface area contributed by atoms with Crippen molar-refractivity contribution in [1.82, 2.24) is 0 Å². The Balaban J connectivity index is 1.61. The molecule has 0 fully saturated rings. The predicted molar refractivity (Wildman–Crippen MR) is 123 cm³/mol. The van der Waals surface area contributed by atoms with E-state index in [1.807, 2.05) is 19.9 Å². The van der Waals surface area contributed by atoms with Crippen LogP contribution in [-0.4, -0.2) is 15.8 Å². The molecule has 11 heteroatoms. The molecule has 1 heterocycles. The minimum Gasteiger partial charge on any atom is -0.460 e. The fourth-order valence-electron chi connectivity index (χ4n) is 3.43. The lowest BCUT2D eigenvalue weighted by molar-refractivity contribution is -0.394. The molecular formula is C24H16N2O9. The summed E-state index contributed by atoms with van der Waals surface area (Å²) in [7, 11) is 0. The number of carbonyl (C=O) groups excluding carboxylic acids is 1. The average Bonchev–Trinajstić information content (AvgIpc) is 2.80. The van der Waals surface area contributed by atoms with Gasteiger partial charge in [-0.3, -0.25) is 25.0 Å². The van der Waals surface area contributed by atoms with Crippen LogP contribution in [0.25, 0.3) is 11.0 Å². The summed E-state index contributed by atoms with van der Waals surface area (Å²) in [6, 6.07) is 12.0. The number of ether oxygens (including phenoxy) is 2. The second-order valence-corrected chi connectivity index (χ2v) is 7.65. The summed E-state index contributed by atoms with van der Waals surface area (Å²) < 4.78 is 16.4. The van der Waals surface area contributed by atoms with Gasteiger partial charge in [-0.2, -0.15) is 0 Å². The number of benzene rings is 3. The lowest BCUT2D eigenvalue weighted by Gasteiger charge is -2.08. The van der Waals surface area contributed by atoms with Crippen molar-refractivity contribution in [2.24, 2.45) is 0 Å². The molecule has 0 aliphatic rings. The van der Waals surface area contributed by atoms with Crippen molar-refractivity contribution in [2.45, 2.75) is 13.8 Å². The smallest absolute Gasteiger partial charge is 0.344 e. The van der Waals surface area contributed by atoms with Gasteiger partial charge in [0.15, 0.2) is 0 Å². The molecule has 0 bridgehead atoms. The first kappa shape index (κ1) is 23.1. The lowest BCUT2D eigenvalue weighted by atomic mass is 10.1. The van der Waals surface area contributed by atoms with Crippen LogP contribution in [0.1, 0.15) is 21.5 Å². The van der Waals surface area contributed by atoms with Crippen LogP contribution in [-0.2, 0) is 0 Å². The highest BCUT2D eigenvalue weighted by Crippen LogP contribution is 2.27. The molecule has 35 heavy (non-hydrogen) atoms. The third-order valence-electron chi connectivity index (χ3n) is 4.91. The van der Waals surface area contributed by atoms with Crippen LogP contribution in [0.4, 0.5) is 11.4 Å². The number of nitro benzene ring substituents is 2. The number of nitro groups is 2. The number of aryl methyl sites for hydroxylation is 2. The zero-order valence-electron chi connectivity index (χ0n) is 18.3. The Bertz CT molecular complexity index is 1520. The van der Waals surface area contributed by atoms with E-state index < -0.39 is 32.6 Å². The van der Waals surface area contributed by atoms with E-state index in [9.17, 15) is 29.8 Å². The molecule has 0 atom stereocenters. The Morgan fingerprint density at radius 2 is 1.49 bits per heavy atom. The summed E-state index contributed by atoms with van der Waals surface area (Å²) in [6.07, 6.45) is 1.14. The number of carbonyl (C=O) groups is 1. The molecule has 0 amide bonds. The third kappa shape index (κ3) is 4.98. The van der Waals surface area contributed by atoms with E-state index in [-0.39, 0.29) is 28.0 Å². The van der Waals surface area contributed by atoms with Crippen LogP contribution >= 0.6 is 0 Å². The summed E-state index contributed by atoms with van der Waals surface area (Å²) in [6.45, 7) is 3.80. The molecule has 0 unspecified atom stereocenters. The van der Waals surface area contributed by atoms with Crippen molar-refractivity contribution in [1.29, 1.82) is 0 Å². The number of rotatable bonds is 6. The average molecular weight is 476 g/mol. The monoisotopic (exact) mass is 476 g/mol. The lowest BCUT2D eigenvalue weighted by Crippen LogP contribution is -2.10. The van der Waals surface area contributed by atoms with Gasteiger partial charge in [0.2, 0.25) is 11.2 Å². The number of non-ortho nitro benzene ring substituents is 2. The second kappa shape index (κ2) is 9.06. The van der Waals surface area contributed by atoms with Crippen LogP contribution < -0.4 is 14.9 Å². The zero-order chi connectivity index (χ0) is 25.3. The summed E-state index contributed by atoms with van der Waals surface area (Å²) in [5, 5.41) is 22.2. The van der Waals surface area contributed by atoms with E-state index in [1.165, 1.54) is 18.2 Å². The van der Waals surface area contributed by atoms with Gasteiger partial charge in [-0.1, -0.05) is 6.07 Å².